The lowest BCUT2D eigenvalue weighted by Crippen LogP contribution is -2.56. The van der Waals surface area contributed by atoms with Gasteiger partial charge in [-0.2, -0.15) is 4.37 Å². The number of hydrogen-bond donors (Lipinski definition) is 1. The van der Waals surface area contributed by atoms with Crippen LogP contribution in [0.25, 0.3) is 10.1 Å². The van der Waals surface area contributed by atoms with Gasteiger partial charge in [0.05, 0.1) is 4.70 Å². The van der Waals surface area contributed by atoms with E-state index >= 15 is 0 Å². The molecule has 2 saturated heterocycles. The third kappa shape index (κ3) is 3.10. The van der Waals surface area contributed by atoms with Crippen LogP contribution in [0.15, 0.2) is 24.3 Å². The number of urea groups is 1. The van der Waals surface area contributed by atoms with E-state index in [-0.39, 0.29) is 24.8 Å². The molecule has 9 heteroatoms. The monoisotopic (exact) mass is 373 g/mol. The average molecular weight is 373 g/mol. The minimum Gasteiger partial charge on any atom is -0.352 e. The van der Waals surface area contributed by atoms with E-state index in [0.29, 0.717) is 32.7 Å². The molecular formula is C17H19N5O3S. The van der Waals surface area contributed by atoms with E-state index in [9.17, 15) is 14.4 Å². The Kier molecular flexibility index (Phi) is 4.46. The van der Waals surface area contributed by atoms with Gasteiger partial charge in [-0.15, -0.1) is 0 Å². The van der Waals surface area contributed by atoms with E-state index in [1.165, 1.54) is 11.5 Å². The summed E-state index contributed by atoms with van der Waals surface area (Å²) in [4.78, 5) is 41.0. The van der Waals surface area contributed by atoms with Crippen molar-refractivity contribution in [2.75, 3.05) is 44.2 Å². The van der Waals surface area contributed by atoms with Crippen LogP contribution in [0.1, 0.15) is 6.42 Å². The first-order valence-corrected chi connectivity index (χ1v) is 9.36. The fraction of sp³-hybridized carbons (Fsp3) is 0.412. The summed E-state index contributed by atoms with van der Waals surface area (Å²) in [6.45, 7) is 2.61. The second-order valence-corrected chi connectivity index (χ2v) is 7.14. The molecule has 1 aromatic heterocycles. The minimum absolute atomic E-state index is 0.190. The number of nitrogens with one attached hydrogen (secondary N) is 1. The van der Waals surface area contributed by atoms with Crippen LogP contribution in [0, 0.1) is 0 Å². The molecule has 0 bridgehead atoms. The molecule has 0 aliphatic carbocycles. The van der Waals surface area contributed by atoms with Gasteiger partial charge in [-0.3, -0.25) is 14.5 Å². The molecule has 136 valence electrons. The van der Waals surface area contributed by atoms with Crippen molar-refractivity contribution in [1.82, 2.24) is 19.5 Å². The van der Waals surface area contributed by atoms with E-state index in [1.54, 1.807) is 4.90 Å². The lowest BCUT2D eigenvalue weighted by molar-refractivity contribution is -0.138. The number of benzene rings is 1. The molecule has 4 rings (SSSR count). The largest absolute Gasteiger partial charge is 0.352 e. The molecule has 0 atom stereocenters. The number of aromatic nitrogens is 1. The summed E-state index contributed by atoms with van der Waals surface area (Å²) in [5.41, 5.74) is 0. The van der Waals surface area contributed by atoms with Crippen molar-refractivity contribution in [2.45, 2.75) is 6.42 Å². The summed E-state index contributed by atoms with van der Waals surface area (Å²) >= 11 is 1.48. The summed E-state index contributed by atoms with van der Waals surface area (Å²) in [5, 5.41) is 3.73. The first-order valence-electron chi connectivity index (χ1n) is 8.59. The highest BCUT2D eigenvalue weighted by atomic mass is 32.1. The molecule has 1 aromatic carbocycles. The molecule has 2 fully saturated rings. The van der Waals surface area contributed by atoms with E-state index in [0.717, 1.165) is 20.8 Å². The Balaban J connectivity index is 1.38. The van der Waals surface area contributed by atoms with Crippen molar-refractivity contribution in [3.8, 4) is 0 Å². The van der Waals surface area contributed by atoms with Crippen LogP contribution in [0.5, 0.6) is 0 Å². The van der Waals surface area contributed by atoms with Crippen molar-refractivity contribution in [3.05, 3.63) is 24.3 Å². The normalized spacial score (nSPS) is 18.4. The molecule has 0 saturated carbocycles. The Bertz CT molecular complexity index is 843. The predicted octanol–water partition coefficient (Wildman–Crippen LogP) is 0.887. The van der Waals surface area contributed by atoms with Gasteiger partial charge in [-0.25, -0.2) is 4.79 Å². The molecule has 0 unspecified atom stereocenters. The van der Waals surface area contributed by atoms with Crippen LogP contribution in [-0.4, -0.2) is 71.3 Å². The number of piperazine rings is 1. The van der Waals surface area contributed by atoms with E-state index in [1.807, 2.05) is 12.1 Å². The molecule has 4 amide bonds. The SMILES string of the molecule is O=C(CN1C(=O)CCNC1=O)N1CCN(c2nsc3ccccc23)CC1. The third-order valence-corrected chi connectivity index (χ3v) is 5.56. The highest BCUT2D eigenvalue weighted by molar-refractivity contribution is 7.13. The van der Waals surface area contributed by atoms with Crippen molar-refractivity contribution in [3.63, 3.8) is 0 Å². The number of imide groups is 1. The summed E-state index contributed by atoms with van der Waals surface area (Å²) in [6.07, 6.45) is 0.240. The maximum atomic E-state index is 12.5. The number of anilines is 1. The second-order valence-electron chi connectivity index (χ2n) is 6.33. The van der Waals surface area contributed by atoms with E-state index in [4.69, 9.17) is 0 Å². The predicted molar refractivity (Wildman–Crippen MR) is 98.1 cm³/mol. The Morgan fingerprint density at radius 3 is 2.69 bits per heavy atom. The van der Waals surface area contributed by atoms with E-state index < -0.39 is 6.03 Å². The van der Waals surface area contributed by atoms with Gasteiger partial charge in [-0.1, -0.05) is 12.1 Å². The van der Waals surface area contributed by atoms with E-state index in [2.05, 4.69) is 26.7 Å². The standard InChI is InChI=1S/C17H19N5O3S/c23-14-5-6-18-17(25)22(14)11-15(24)20-7-9-21(10-8-20)16-12-3-1-2-4-13(12)26-19-16/h1-4H,5-11H2,(H,18,25). The summed E-state index contributed by atoms with van der Waals surface area (Å²) in [5.74, 6) is 0.469. The van der Waals surface area contributed by atoms with Gasteiger partial charge >= 0.3 is 6.03 Å². The molecule has 2 aliphatic heterocycles. The highest BCUT2D eigenvalue weighted by Crippen LogP contribution is 2.29. The average Bonchev–Trinajstić information content (AvgIpc) is 3.09. The van der Waals surface area contributed by atoms with Gasteiger partial charge < -0.3 is 15.1 Å². The van der Waals surface area contributed by atoms with Crippen molar-refractivity contribution < 1.29 is 14.4 Å². The Hall–Kier alpha value is -2.68. The zero-order valence-electron chi connectivity index (χ0n) is 14.2. The lowest BCUT2D eigenvalue weighted by atomic mass is 10.2. The van der Waals surface area contributed by atoms with Crippen LogP contribution >= 0.6 is 11.5 Å². The number of carbonyl (C=O) groups excluding carboxylic acids is 3. The maximum absolute atomic E-state index is 12.5. The zero-order valence-corrected chi connectivity index (χ0v) is 15.0. The Labute approximate surface area is 154 Å². The third-order valence-electron chi connectivity index (χ3n) is 4.75. The van der Waals surface area contributed by atoms with Crippen LogP contribution in [-0.2, 0) is 9.59 Å². The molecule has 0 spiro atoms. The lowest BCUT2D eigenvalue weighted by Gasteiger charge is -2.36. The number of fused-ring (bicyclic) bond motifs is 1. The Morgan fingerprint density at radius 2 is 1.92 bits per heavy atom. The Morgan fingerprint density at radius 1 is 1.15 bits per heavy atom. The van der Waals surface area contributed by atoms with Crippen LogP contribution < -0.4 is 10.2 Å². The molecule has 8 nitrogen and oxygen atoms in total. The van der Waals surface area contributed by atoms with Crippen molar-refractivity contribution in [2.24, 2.45) is 0 Å². The van der Waals surface area contributed by atoms with Gasteiger partial charge in [0.1, 0.15) is 12.4 Å². The first-order chi connectivity index (χ1) is 12.6. The van der Waals surface area contributed by atoms with Crippen molar-refractivity contribution in [1.29, 1.82) is 0 Å². The first kappa shape index (κ1) is 16.8. The maximum Gasteiger partial charge on any atom is 0.324 e. The molecule has 1 N–H and O–H groups in total. The number of carbonyl (C=O) groups is 3. The fourth-order valence-electron chi connectivity index (χ4n) is 3.28. The molecule has 2 aromatic rings. The number of rotatable bonds is 3. The number of hydrogen-bond acceptors (Lipinski definition) is 6. The van der Waals surface area contributed by atoms with Gasteiger partial charge in [0.25, 0.3) is 0 Å². The molecule has 0 radical (unpaired) electrons. The van der Waals surface area contributed by atoms with Gasteiger partial charge in [0.2, 0.25) is 11.8 Å². The van der Waals surface area contributed by atoms with Crippen LogP contribution in [0.3, 0.4) is 0 Å². The summed E-state index contributed by atoms with van der Waals surface area (Å²) in [7, 11) is 0. The van der Waals surface area contributed by atoms with Crippen LogP contribution in [0.2, 0.25) is 0 Å². The summed E-state index contributed by atoms with van der Waals surface area (Å²) < 4.78 is 5.71. The molecule has 2 aliphatic rings. The highest BCUT2D eigenvalue weighted by Gasteiger charge is 2.30. The zero-order chi connectivity index (χ0) is 18.1. The smallest absolute Gasteiger partial charge is 0.324 e. The number of amides is 4. The topological polar surface area (TPSA) is 85.8 Å². The minimum atomic E-state index is -0.484. The quantitative estimate of drug-likeness (QED) is 0.864. The fourth-order valence-corrected chi connectivity index (χ4v) is 4.08. The summed E-state index contributed by atoms with van der Waals surface area (Å²) in [6, 6.07) is 7.63. The second kappa shape index (κ2) is 6.91. The van der Waals surface area contributed by atoms with Crippen LogP contribution in [0.4, 0.5) is 10.6 Å². The van der Waals surface area contributed by atoms with Gasteiger partial charge in [0, 0.05) is 44.5 Å². The molecular weight excluding hydrogens is 354 g/mol. The van der Waals surface area contributed by atoms with Gasteiger partial charge in [-0.05, 0) is 23.7 Å². The molecule has 26 heavy (non-hydrogen) atoms. The van der Waals surface area contributed by atoms with Gasteiger partial charge in [0.15, 0.2) is 0 Å². The number of nitrogens with zero attached hydrogens (tertiary/aromatic N) is 4. The van der Waals surface area contributed by atoms with Crippen molar-refractivity contribution >= 4 is 45.3 Å². The molecule has 3 heterocycles.